The molecule has 1 aromatic heterocycles. The number of benzene rings is 1. The van der Waals surface area contributed by atoms with Crippen LogP contribution < -0.4 is 9.64 Å². The smallest absolute Gasteiger partial charge is 0.257 e. The van der Waals surface area contributed by atoms with Crippen molar-refractivity contribution in [1.29, 1.82) is 0 Å². The molecule has 3 heterocycles. The van der Waals surface area contributed by atoms with E-state index in [1.165, 1.54) is 0 Å². The molecule has 2 fully saturated rings. The molecule has 0 bridgehead atoms. The molecule has 1 unspecified atom stereocenters. The van der Waals surface area contributed by atoms with E-state index in [9.17, 15) is 9.59 Å². The van der Waals surface area contributed by atoms with Gasteiger partial charge in [0.05, 0.1) is 24.0 Å². The number of rotatable bonds is 9. The zero-order valence-corrected chi connectivity index (χ0v) is 21.1. The lowest BCUT2D eigenvalue weighted by molar-refractivity contribution is -0.131. The van der Waals surface area contributed by atoms with Gasteiger partial charge < -0.3 is 28.6 Å². The first-order chi connectivity index (χ1) is 17.0. The van der Waals surface area contributed by atoms with Gasteiger partial charge in [-0.25, -0.2) is 0 Å². The van der Waals surface area contributed by atoms with Crippen molar-refractivity contribution in [2.45, 2.75) is 46.1 Å². The molecule has 2 saturated heterocycles. The molecular formula is C27H37N3O5. The van der Waals surface area contributed by atoms with E-state index in [0.29, 0.717) is 56.3 Å². The topological polar surface area (TPSA) is 75.5 Å². The molecule has 8 heteroatoms. The Morgan fingerprint density at radius 2 is 1.91 bits per heavy atom. The van der Waals surface area contributed by atoms with Crippen LogP contribution in [0.2, 0.25) is 0 Å². The summed E-state index contributed by atoms with van der Waals surface area (Å²) >= 11 is 0. The summed E-state index contributed by atoms with van der Waals surface area (Å²) in [4.78, 5) is 32.3. The summed E-state index contributed by atoms with van der Waals surface area (Å²) in [5.41, 5.74) is 1.63. The van der Waals surface area contributed by atoms with Crippen LogP contribution in [0.1, 0.15) is 48.1 Å². The highest BCUT2D eigenvalue weighted by Gasteiger charge is 2.28. The van der Waals surface area contributed by atoms with Gasteiger partial charge in [0, 0.05) is 52.3 Å². The number of carbonyl (C=O) groups is 2. The molecule has 0 spiro atoms. The minimum atomic E-state index is -0.0972. The molecule has 190 valence electrons. The lowest BCUT2D eigenvalue weighted by Gasteiger charge is -2.37. The highest BCUT2D eigenvalue weighted by molar-refractivity contribution is 5.95. The second-order valence-corrected chi connectivity index (χ2v) is 9.23. The van der Waals surface area contributed by atoms with Crippen LogP contribution in [0.3, 0.4) is 0 Å². The van der Waals surface area contributed by atoms with E-state index in [4.69, 9.17) is 13.9 Å². The highest BCUT2D eigenvalue weighted by Crippen LogP contribution is 2.29. The summed E-state index contributed by atoms with van der Waals surface area (Å²) in [5.74, 6) is 2.18. The Morgan fingerprint density at radius 3 is 2.57 bits per heavy atom. The first-order valence-electron chi connectivity index (χ1n) is 12.7. The molecule has 2 amide bonds. The van der Waals surface area contributed by atoms with Crippen LogP contribution in [-0.4, -0.2) is 80.2 Å². The van der Waals surface area contributed by atoms with Crippen molar-refractivity contribution < 1.29 is 23.5 Å². The zero-order valence-electron chi connectivity index (χ0n) is 21.1. The number of anilines is 1. The molecule has 8 nitrogen and oxygen atoms in total. The highest BCUT2D eigenvalue weighted by atomic mass is 16.5. The first-order valence-corrected chi connectivity index (χ1v) is 12.7. The van der Waals surface area contributed by atoms with Gasteiger partial charge in [0.1, 0.15) is 17.3 Å². The number of hydrogen-bond acceptors (Lipinski definition) is 6. The molecule has 4 rings (SSSR count). The molecule has 2 aliphatic heterocycles. The minimum absolute atomic E-state index is 0.0244. The van der Waals surface area contributed by atoms with Crippen molar-refractivity contribution in [1.82, 2.24) is 9.80 Å². The Morgan fingerprint density at radius 1 is 1.14 bits per heavy atom. The van der Waals surface area contributed by atoms with Crippen LogP contribution in [0.5, 0.6) is 5.75 Å². The van der Waals surface area contributed by atoms with E-state index in [2.05, 4.69) is 11.0 Å². The molecule has 1 atom stereocenters. The van der Waals surface area contributed by atoms with Crippen LogP contribution in [0.15, 0.2) is 34.7 Å². The van der Waals surface area contributed by atoms with E-state index >= 15 is 0 Å². The number of piperazine rings is 1. The summed E-state index contributed by atoms with van der Waals surface area (Å²) in [7, 11) is 0. The molecule has 2 aromatic rings. The lowest BCUT2D eigenvalue weighted by Crippen LogP contribution is -2.49. The van der Waals surface area contributed by atoms with E-state index in [-0.39, 0.29) is 17.9 Å². The van der Waals surface area contributed by atoms with Gasteiger partial charge in [-0.15, -0.1) is 0 Å². The SMILES string of the molecule is CCOc1ccccc1N1CCN(C(=O)CCN(CC2CCCO2)C(=O)c2cc(C)oc2C)CC1. The number of furan rings is 1. The number of ether oxygens (including phenoxy) is 2. The second-order valence-electron chi connectivity index (χ2n) is 9.23. The lowest BCUT2D eigenvalue weighted by atomic mass is 10.1. The Bertz CT molecular complexity index is 1010. The predicted octanol–water partition coefficient (Wildman–Crippen LogP) is 3.66. The van der Waals surface area contributed by atoms with Crippen molar-refractivity contribution in [3.8, 4) is 5.75 Å². The molecular weight excluding hydrogens is 446 g/mol. The third-order valence-corrected chi connectivity index (χ3v) is 6.74. The normalized spacial score (nSPS) is 18.1. The van der Waals surface area contributed by atoms with Crippen molar-refractivity contribution in [2.75, 3.05) is 57.4 Å². The number of nitrogens with zero attached hydrogens (tertiary/aromatic N) is 3. The minimum Gasteiger partial charge on any atom is -0.492 e. The molecule has 35 heavy (non-hydrogen) atoms. The Kier molecular flexibility index (Phi) is 8.33. The van der Waals surface area contributed by atoms with E-state index in [1.54, 1.807) is 17.9 Å². The predicted molar refractivity (Wildman–Crippen MR) is 134 cm³/mol. The zero-order chi connectivity index (χ0) is 24.8. The van der Waals surface area contributed by atoms with Crippen molar-refractivity contribution in [2.24, 2.45) is 0 Å². The molecule has 0 radical (unpaired) electrons. The number of carbonyl (C=O) groups excluding carboxylic acids is 2. The summed E-state index contributed by atoms with van der Waals surface area (Å²) in [6.07, 6.45) is 2.26. The first kappa shape index (κ1) is 25.1. The van der Waals surface area contributed by atoms with Gasteiger partial charge in [0.25, 0.3) is 5.91 Å². The number of aryl methyl sites for hydroxylation is 2. The maximum absolute atomic E-state index is 13.3. The maximum Gasteiger partial charge on any atom is 0.257 e. The average molecular weight is 484 g/mol. The quantitative estimate of drug-likeness (QED) is 0.542. The van der Waals surface area contributed by atoms with Crippen LogP contribution in [0.25, 0.3) is 0 Å². The van der Waals surface area contributed by atoms with Crippen molar-refractivity contribution in [3.05, 3.63) is 47.4 Å². The monoisotopic (exact) mass is 483 g/mol. The number of amides is 2. The second kappa shape index (κ2) is 11.6. The van der Waals surface area contributed by atoms with Crippen LogP contribution in [0, 0.1) is 13.8 Å². The van der Waals surface area contributed by atoms with Gasteiger partial charge in [-0.05, 0) is 51.8 Å². The third kappa shape index (κ3) is 6.17. The number of para-hydroxylation sites is 2. The van der Waals surface area contributed by atoms with Crippen LogP contribution in [-0.2, 0) is 9.53 Å². The fourth-order valence-corrected chi connectivity index (χ4v) is 4.90. The van der Waals surface area contributed by atoms with Gasteiger partial charge in [-0.2, -0.15) is 0 Å². The summed E-state index contributed by atoms with van der Waals surface area (Å²) in [5, 5.41) is 0. The van der Waals surface area contributed by atoms with Crippen molar-refractivity contribution in [3.63, 3.8) is 0 Å². The molecule has 1 aromatic carbocycles. The van der Waals surface area contributed by atoms with E-state index in [0.717, 1.165) is 44.0 Å². The fraction of sp³-hybridized carbons (Fsp3) is 0.556. The molecule has 0 saturated carbocycles. The summed E-state index contributed by atoms with van der Waals surface area (Å²) < 4.78 is 17.1. The number of hydrogen-bond donors (Lipinski definition) is 0. The maximum atomic E-state index is 13.3. The largest absolute Gasteiger partial charge is 0.492 e. The average Bonchev–Trinajstić information content (AvgIpc) is 3.50. The van der Waals surface area contributed by atoms with Gasteiger partial charge in [-0.3, -0.25) is 9.59 Å². The summed E-state index contributed by atoms with van der Waals surface area (Å²) in [6.45, 7) is 10.6. The summed E-state index contributed by atoms with van der Waals surface area (Å²) in [6, 6.07) is 9.82. The van der Waals surface area contributed by atoms with Gasteiger partial charge >= 0.3 is 0 Å². The van der Waals surface area contributed by atoms with Gasteiger partial charge in [0.15, 0.2) is 0 Å². The molecule has 0 aliphatic carbocycles. The van der Waals surface area contributed by atoms with Crippen molar-refractivity contribution >= 4 is 17.5 Å². The van der Waals surface area contributed by atoms with E-state index in [1.807, 2.05) is 36.9 Å². The van der Waals surface area contributed by atoms with Crippen LogP contribution >= 0.6 is 0 Å². The van der Waals surface area contributed by atoms with E-state index < -0.39 is 0 Å². The Labute approximate surface area is 207 Å². The molecule has 2 aliphatic rings. The van der Waals surface area contributed by atoms with Crippen LogP contribution in [0.4, 0.5) is 5.69 Å². The fourth-order valence-electron chi connectivity index (χ4n) is 4.90. The standard InChI is InChI=1S/C27H37N3O5/c1-4-33-25-10-6-5-9-24(25)28-13-15-29(16-14-28)26(31)11-12-30(19-22-8-7-17-34-22)27(32)23-18-20(2)35-21(23)3/h5-6,9-10,18,22H,4,7-8,11-17,19H2,1-3H3. The van der Waals surface area contributed by atoms with Gasteiger partial charge in [-0.1, -0.05) is 12.1 Å². The Hall–Kier alpha value is -3.00. The van der Waals surface area contributed by atoms with Gasteiger partial charge in [0.2, 0.25) is 5.91 Å². The Balaban J connectivity index is 1.34. The third-order valence-electron chi connectivity index (χ3n) is 6.74. The molecule has 0 N–H and O–H groups in total.